The van der Waals surface area contributed by atoms with Gasteiger partial charge < -0.3 is 4.90 Å². The summed E-state index contributed by atoms with van der Waals surface area (Å²) in [6.07, 6.45) is 0. The average molecular weight is 687 g/mol. The van der Waals surface area contributed by atoms with Gasteiger partial charge in [0.15, 0.2) is 0 Å². The Hall–Kier alpha value is -6.07. The van der Waals surface area contributed by atoms with Crippen molar-refractivity contribution in [2.75, 3.05) is 4.90 Å². The fourth-order valence-corrected chi connectivity index (χ4v) is 9.31. The Labute approximate surface area is 304 Å². The molecule has 10 aromatic rings. The molecule has 0 spiro atoms. The molecule has 0 radical (unpaired) electrons. The molecule has 0 saturated heterocycles. The van der Waals surface area contributed by atoms with Crippen LogP contribution in [-0.2, 0) is 0 Å². The Kier molecular flexibility index (Phi) is 7.23. The van der Waals surface area contributed by atoms with Crippen LogP contribution in [0.15, 0.2) is 182 Å². The van der Waals surface area contributed by atoms with Gasteiger partial charge in [0.1, 0.15) is 5.01 Å². The molecule has 0 fully saturated rings. The summed E-state index contributed by atoms with van der Waals surface area (Å²) in [5.41, 5.74) is 10.4. The van der Waals surface area contributed by atoms with E-state index in [1.54, 1.807) is 11.3 Å². The highest BCUT2D eigenvalue weighted by Gasteiger charge is 2.17. The van der Waals surface area contributed by atoms with Gasteiger partial charge in [-0.1, -0.05) is 127 Å². The topological polar surface area (TPSA) is 16.1 Å². The predicted molar refractivity (Wildman–Crippen MR) is 221 cm³/mol. The fraction of sp³-hybridized carbons (Fsp3) is 0. The molecule has 240 valence electrons. The number of rotatable bonds is 6. The highest BCUT2D eigenvalue weighted by molar-refractivity contribution is 7.26. The summed E-state index contributed by atoms with van der Waals surface area (Å²) in [6, 6.07) is 65.7. The molecule has 0 unspecified atom stereocenters. The molecule has 51 heavy (non-hydrogen) atoms. The molecule has 8 aromatic carbocycles. The minimum atomic E-state index is 1.06. The second-order valence-electron chi connectivity index (χ2n) is 12.8. The third-order valence-electron chi connectivity index (χ3n) is 9.68. The molecule has 2 aromatic heterocycles. The molecule has 4 heteroatoms. The number of benzene rings is 8. The predicted octanol–water partition coefficient (Wildman–Crippen LogP) is 14.3. The summed E-state index contributed by atoms with van der Waals surface area (Å²) < 4.78 is 3.78. The van der Waals surface area contributed by atoms with Crippen molar-refractivity contribution < 1.29 is 0 Å². The maximum Gasteiger partial charge on any atom is 0.124 e. The first kappa shape index (κ1) is 29.8. The van der Waals surface area contributed by atoms with Crippen molar-refractivity contribution in [2.24, 2.45) is 0 Å². The number of thiophene rings is 1. The van der Waals surface area contributed by atoms with Crippen LogP contribution in [0.3, 0.4) is 0 Å². The molecule has 0 saturated carbocycles. The molecular weight excluding hydrogens is 657 g/mol. The van der Waals surface area contributed by atoms with E-state index in [2.05, 4.69) is 187 Å². The minimum absolute atomic E-state index is 1.06. The standard InChI is InChI=1S/C47H30N2S2/c1-3-9-31(10-4-1)33-17-21-38(22-18-33)49(39-23-19-34(20-24-39)37-16-15-32-11-7-8-14-36(32)27-37)40-25-26-41-42-29-43-46(30-45(42)50-44(41)28-40)51-47(48-43)35-12-5-2-6-13-35/h1-30H. The molecule has 10 rings (SSSR count). The largest absolute Gasteiger partial charge is 0.310 e. The molecule has 0 N–H and O–H groups in total. The van der Waals surface area contributed by atoms with E-state index in [1.165, 1.54) is 63.5 Å². The molecule has 2 nitrogen and oxygen atoms in total. The van der Waals surface area contributed by atoms with E-state index in [4.69, 9.17) is 4.98 Å². The van der Waals surface area contributed by atoms with Crippen LogP contribution in [0.1, 0.15) is 0 Å². The molecule has 0 amide bonds. The number of thiazole rings is 1. The van der Waals surface area contributed by atoms with Gasteiger partial charge in [-0.2, -0.15) is 0 Å². The van der Waals surface area contributed by atoms with Crippen molar-refractivity contribution in [3.8, 4) is 32.8 Å². The zero-order valence-corrected chi connectivity index (χ0v) is 29.2. The van der Waals surface area contributed by atoms with Gasteiger partial charge in [0.2, 0.25) is 0 Å². The van der Waals surface area contributed by atoms with Crippen molar-refractivity contribution in [3.63, 3.8) is 0 Å². The van der Waals surface area contributed by atoms with Crippen LogP contribution in [0.25, 0.3) is 74.0 Å². The van der Waals surface area contributed by atoms with Gasteiger partial charge in [-0.15, -0.1) is 22.7 Å². The van der Waals surface area contributed by atoms with Crippen LogP contribution in [0.5, 0.6) is 0 Å². The summed E-state index contributed by atoms with van der Waals surface area (Å²) >= 11 is 3.62. The number of nitrogens with zero attached hydrogens (tertiary/aromatic N) is 2. The van der Waals surface area contributed by atoms with Gasteiger partial charge in [-0.05, 0) is 87.6 Å². The number of aromatic nitrogens is 1. The quantitative estimate of drug-likeness (QED) is 0.173. The first-order valence-corrected chi connectivity index (χ1v) is 18.7. The maximum atomic E-state index is 5.03. The van der Waals surface area contributed by atoms with Crippen molar-refractivity contribution in [1.82, 2.24) is 4.98 Å². The second-order valence-corrected chi connectivity index (χ2v) is 15.0. The molecule has 2 heterocycles. The van der Waals surface area contributed by atoms with Crippen molar-refractivity contribution >= 4 is 80.9 Å². The van der Waals surface area contributed by atoms with Crippen LogP contribution in [0.4, 0.5) is 17.1 Å². The summed E-state index contributed by atoms with van der Waals surface area (Å²) in [7, 11) is 0. The van der Waals surface area contributed by atoms with E-state index in [-0.39, 0.29) is 0 Å². The highest BCUT2D eigenvalue weighted by Crippen LogP contribution is 2.43. The summed E-state index contributed by atoms with van der Waals surface area (Å²) in [5.74, 6) is 0. The average Bonchev–Trinajstić information content (AvgIpc) is 3.78. The first-order valence-electron chi connectivity index (χ1n) is 17.1. The number of hydrogen-bond donors (Lipinski definition) is 0. The lowest BCUT2D eigenvalue weighted by atomic mass is 10.0. The summed E-state index contributed by atoms with van der Waals surface area (Å²) in [6.45, 7) is 0. The van der Waals surface area contributed by atoms with E-state index in [9.17, 15) is 0 Å². The monoisotopic (exact) mass is 686 g/mol. The molecule has 0 aliphatic carbocycles. The zero-order valence-electron chi connectivity index (χ0n) is 27.5. The highest BCUT2D eigenvalue weighted by atomic mass is 32.1. The van der Waals surface area contributed by atoms with E-state index in [1.807, 2.05) is 11.3 Å². The van der Waals surface area contributed by atoms with E-state index >= 15 is 0 Å². The molecular formula is C47H30N2S2. The summed E-state index contributed by atoms with van der Waals surface area (Å²) in [4.78, 5) is 7.40. The Morgan fingerprint density at radius 3 is 1.65 bits per heavy atom. The van der Waals surface area contributed by atoms with Crippen molar-refractivity contribution in [2.45, 2.75) is 0 Å². The normalized spacial score (nSPS) is 11.5. The van der Waals surface area contributed by atoms with E-state index < -0.39 is 0 Å². The third kappa shape index (κ3) is 5.46. The Morgan fingerprint density at radius 1 is 0.353 bits per heavy atom. The van der Waals surface area contributed by atoms with Crippen LogP contribution in [0, 0.1) is 0 Å². The lowest BCUT2D eigenvalue weighted by molar-refractivity contribution is 1.29. The molecule has 0 aliphatic rings. The lowest BCUT2D eigenvalue weighted by Crippen LogP contribution is -2.09. The molecule has 0 bridgehead atoms. The van der Waals surface area contributed by atoms with Crippen LogP contribution in [-0.4, -0.2) is 4.98 Å². The Bertz CT molecular complexity index is 2840. The van der Waals surface area contributed by atoms with Gasteiger partial charge in [-0.25, -0.2) is 4.98 Å². The van der Waals surface area contributed by atoms with E-state index in [0.29, 0.717) is 0 Å². The van der Waals surface area contributed by atoms with Gasteiger partial charge in [0, 0.05) is 42.8 Å². The Balaban J connectivity index is 1.06. The van der Waals surface area contributed by atoms with Gasteiger partial charge in [0.25, 0.3) is 0 Å². The smallest absolute Gasteiger partial charge is 0.124 e. The van der Waals surface area contributed by atoms with Crippen LogP contribution >= 0.6 is 22.7 Å². The van der Waals surface area contributed by atoms with Gasteiger partial charge >= 0.3 is 0 Å². The van der Waals surface area contributed by atoms with Crippen LogP contribution < -0.4 is 4.90 Å². The molecule has 0 aliphatic heterocycles. The Morgan fingerprint density at radius 2 is 0.922 bits per heavy atom. The first-order chi connectivity index (χ1) is 25.2. The van der Waals surface area contributed by atoms with Crippen molar-refractivity contribution in [3.05, 3.63) is 182 Å². The number of anilines is 3. The van der Waals surface area contributed by atoms with E-state index in [0.717, 1.165) is 27.6 Å². The third-order valence-corrected chi connectivity index (χ3v) is 11.9. The maximum absolute atomic E-state index is 5.03. The van der Waals surface area contributed by atoms with Crippen molar-refractivity contribution in [1.29, 1.82) is 0 Å². The lowest BCUT2D eigenvalue weighted by Gasteiger charge is -2.26. The SMILES string of the molecule is c1ccc(-c2ccc(N(c3ccc(-c4ccc5ccccc5c4)cc3)c3ccc4c(c3)sc3cc5sc(-c6ccccc6)nc5cc34)cc2)cc1. The number of hydrogen-bond acceptors (Lipinski definition) is 4. The summed E-state index contributed by atoms with van der Waals surface area (Å²) in [5, 5.41) is 6.10. The second kappa shape index (κ2) is 12.4. The minimum Gasteiger partial charge on any atom is -0.310 e. The van der Waals surface area contributed by atoms with Gasteiger partial charge in [-0.3, -0.25) is 0 Å². The fourth-order valence-electron chi connectivity index (χ4n) is 7.08. The van der Waals surface area contributed by atoms with Gasteiger partial charge in [0.05, 0.1) is 10.2 Å². The number of fused-ring (bicyclic) bond motifs is 5. The molecule has 0 atom stereocenters. The van der Waals surface area contributed by atoms with Crippen LogP contribution in [0.2, 0.25) is 0 Å². The zero-order chi connectivity index (χ0) is 33.7.